The van der Waals surface area contributed by atoms with E-state index in [1.165, 1.54) is 11.1 Å². The van der Waals surface area contributed by atoms with Crippen LogP contribution in [-0.2, 0) is 33.3 Å². The molecule has 0 aromatic heterocycles. The van der Waals surface area contributed by atoms with Gasteiger partial charge in [0.25, 0.3) is 0 Å². The molecule has 0 N–H and O–H groups in total. The van der Waals surface area contributed by atoms with Crippen LogP contribution < -0.4 is 0 Å². The van der Waals surface area contributed by atoms with E-state index in [1.807, 2.05) is 13.8 Å². The van der Waals surface area contributed by atoms with E-state index in [1.54, 1.807) is 18.1 Å². The third-order valence-corrected chi connectivity index (χ3v) is 7.97. The van der Waals surface area contributed by atoms with Gasteiger partial charge in [-0.25, -0.2) is 0 Å². The minimum absolute atomic E-state index is 0.0848. The fraction of sp³-hybridized carbons (Fsp3) is 0.682. The van der Waals surface area contributed by atoms with Gasteiger partial charge in [-0.15, -0.1) is 0 Å². The van der Waals surface area contributed by atoms with Crippen molar-refractivity contribution in [3.05, 3.63) is 34.4 Å². The minimum Gasteiger partial charge on any atom is -0.462 e. The second-order valence-corrected chi connectivity index (χ2v) is 9.78. The lowest BCUT2D eigenvalue weighted by Gasteiger charge is -2.42. The molecule has 0 aliphatic heterocycles. The van der Waals surface area contributed by atoms with E-state index in [0.29, 0.717) is 18.5 Å². The van der Waals surface area contributed by atoms with Gasteiger partial charge in [0.1, 0.15) is 6.10 Å². The fourth-order valence-corrected chi connectivity index (χ4v) is 6.94. The van der Waals surface area contributed by atoms with Gasteiger partial charge >= 0.3 is 5.97 Å². The van der Waals surface area contributed by atoms with Crippen LogP contribution in [-0.4, -0.2) is 18.2 Å². The molecule has 0 bridgehead atoms. The maximum Gasteiger partial charge on any atom is 0.302 e. The van der Waals surface area contributed by atoms with Gasteiger partial charge < -0.3 is 9.26 Å². The van der Waals surface area contributed by atoms with Crippen molar-refractivity contribution in [3.8, 4) is 0 Å². The molecule has 0 heterocycles. The van der Waals surface area contributed by atoms with Gasteiger partial charge in [-0.3, -0.25) is 4.79 Å². The molecule has 1 aromatic rings. The molecule has 3 aliphatic rings. The van der Waals surface area contributed by atoms with E-state index in [-0.39, 0.29) is 17.5 Å². The van der Waals surface area contributed by atoms with Crippen LogP contribution in [0.1, 0.15) is 81.5 Å². The molecule has 0 spiro atoms. The van der Waals surface area contributed by atoms with Crippen molar-refractivity contribution in [2.75, 3.05) is 0 Å². The van der Waals surface area contributed by atoms with E-state index in [0.717, 1.165) is 44.9 Å². The van der Waals surface area contributed by atoms with E-state index < -0.39 is 0 Å². The number of benzene rings is 1. The summed E-state index contributed by atoms with van der Waals surface area (Å²) in [7, 11) is 0. The lowest BCUT2D eigenvalue weighted by molar-refractivity contribution is -0.152. The first kappa shape index (κ1) is 21.5. The molecule has 0 saturated heterocycles. The van der Waals surface area contributed by atoms with Gasteiger partial charge in [-0.1, -0.05) is 32.9 Å². The second-order valence-electron chi connectivity index (χ2n) is 8.06. The summed E-state index contributed by atoms with van der Waals surface area (Å²) < 4.78 is 11.6. The molecule has 3 aliphatic carbocycles. The van der Waals surface area contributed by atoms with Gasteiger partial charge in [-0.05, 0) is 95.2 Å². The number of rotatable bonds is 3. The molecular weight excluding hydrogens is 470 g/mol. The number of ether oxygens (including phenoxy) is 1. The molecule has 0 radical (unpaired) electrons. The smallest absolute Gasteiger partial charge is 0.302 e. The topological polar surface area (TPSA) is 35.5 Å². The van der Waals surface area contributed by atoms with Gasteiger partial charge in [0, 0.05) is 12.3 Å². The number of hydrogen-bond acceptors (Lipinski definition) is 3. The Balaban J connectivity index is 0.00000102. The van der Waals surface area contributed by atoms with Gasteiger partial charge in [0.05, 0.1) is 12.6 Å². The summed E-state index contributed by atoms with van der Waals surface area (Å²) in [5.41, 5.74) is 6.36. The normalized spacial score (nSPS) is 31.5. The maximum atomic E-state index is 11.5. The highest BCUT2D eigenvalue weighted by Crippen LogP contribution is 2.57. The monoisotopic (exact) mass is 502 g/mol. The number of esters is 1. The lowest BCUT2D eigenvalue weighted by Crippen LogP contribution is -2.38. The van der Waals surface area contributed by atoms with Crippen LogP contribution in [0.5, 0.6) is 0 Å². The third-order valence-electron chi connectivity index (χ3n) is 6.79. The molecule has 4 rings (SSSR count). The largest absolute Gasteiger partial charge is 0.462 e. The highest BCUT2D eigenvalue weighted by atomic mass is 127. The van der Waals surface area contributed by atoms with Gasteiger partial charge in [0.2, 0.25) is 0 Å². The molecule has 3 nitrogen and oxygen atoms in total. The second kappa shape index (κ2) is 9.09. The molecule has 1 fully saturated rings. The van der Waals surface area contributed by atoms with E-state index in [4.69, 9.17) is 9.26 Å². The van der Waals surface area contributed by atoms with Crippen LogP contribution >= 0.6 is 28.5 Å². The summed E-state index contributed by atoms with van der Waals surface area (Å²) >= 11 is 2.32. The zero-order valence-corrected chi connectivity index (χ0v) is 20.1. The van der Waals surface area contributed by atoms with Gasteiger partial charge in [-0.2, -0.15) is 0 Å². The van der Waals surface area contributed by atoms with Crippen LogP contribution in [0.3, 0.4) is 0 Å². The zero-order chi connectivity index (χ0) is 19.6. The summed E-state index contributed by atoms with van der Waals surface area (Å²) in [6.07, 6.45) is 8.26. The Hall–Kier alpha value is -0.190. The molecule has 3 unspecified atom stereocenters. The third kappa shape index (κ3) is 4.09. The van der Waals surface area contributed by atoms with Crippen molar-refractivity contribution in [2.45, 2.75) is 90.8 Å². The Labute approximate surface area is 178 Å². The first-order chi connectivity index (χ1) is 13.0. The van der Waals surface area contributed by atoms with Crippen LogP contribution in [0.25, 0.3) is 0 Å². The summed E-state index contributed by atoms with van der Waals surface area (Å²) in [5.74, 6) is 0.404. The van der Waals surface area contributed by atoms with Crippen molar-refractivity contribution in [1.82, 2.24) is 0 Å². The van der Waals surface area contributed by atoms with Crippen molar-refractivity contribution in [2.24, 2.45) is 5.41 Å². The van der Waals surface area contributed by atoms with Crippen LogP contribution in [0.4, 0.5) is 0 Å². The zero-order valence-electron chi connectivity index (χ0n) is 16.9. The van der Waals surface area contributed by atoms with Crippen LogP contribution in [0.2, 0.25) is 0 Å². The number of fused-ring (bicyclic) bond motifs is 5. The average molecular weight is 502 g/mol. The molecule has 5 atom stereocenters. The van der Waals surface area contributed by atoms with Crippen LogP contribution in [0.15, 0.2) is 12.1 Å². The number of carbonyl (C=O) groups is 1. The van der Waals surface area contributed by atoms with E-state index in [2.05, 4.69) is 41.1 Å². The Morgan fingerprint density at radius 2 is 1.96 bits per heavy atom. The van der Waals surface area contributed by atoms with Crippen molar-refractivity contribution in [3.63, 3.8) is 0 Å². The number of halogens is 1. The Morgan fingerprint density at radius 3 is 2.67 bits per heavy atom. The molecule has 1 saturated carbocycles. The van der Waals surface area contributed by atoms with Crippen molar-refractivity contribution in [1.29, 1.82) is 0 Å². The van der Waals surface area contributed by atoms with Crippen LogP contribution in [0, 0.1) is 5.41 Å². The minimum atomic E-state index is -0.134. The predicted molar refractivity (Wildman–Crippen MR) is 121 cm³/mol. The summed E-state index contributed by atoms with van der Waals surface area (Å²) in [6, 6.07) is 4.73. The molecule has 1 aromatic carbocycles. The van der Waals surface area contributed by atoms with E-state index in [9.17, 15) is 4.79 Å². The summed E-state index contributed by atoms with van der Waals surface area (Å²) in [4.78, 5) is 11.5. The molecule has 0 amide bonds. The first-order valence-electron chi connectivity index (χ1n) is 10.3. The number of carbonyl (C=O) groups excluding carboxylic acids is 1. The molecule has 27 heavy (non-hydrogen) atoms. The highest BCUT2D eigenvalue weighted by molar-refractivity contribution is 14.2. The summed E-state index contributed by atoms with van der Waals surface area (Å²) in [6.45, 7) is 8.43. The number of hydrogen-bond donors (Lipinski definition) is 0. The quantitative estimate of drug-likeness (QED) is 0.277. The van der Waals surface area contributed by atoms with Gasteiger partial charge in [0.15, 0.2) is 0 Å². The summed E-state index contributed by atoms with van der Waals surface area (Å²) in [5, 5.41) is 0. The average Bonchev–Trinajstić information content (AvgIpc) is 2.99. The fourth-order valence-electron chi connectivity index (χ4n) is 5.54. The van der Waals surface area contributed by atoms with Crippen molar-refractivity contribution >= 4 is 34.5 Å². The van der Waals surface area contributed by atoms with Crippen molar-refractivity contribution < 1.29 is 14.1 Å². The standard InChI is InChI=1S/C20H26IO3P.C2H6/c1-12(22)23-19-8-7-18-17-5-3-13-11-14(24-25-21)4-6-15(13)16(17)9-10-20(18,19)2;1-2/h3,5,14,18-19,25H,4,6-11H2,1-2H3;1-2H3/t14-,18?,19-,20?;/m0./s1. The van der Waals surface area contributed by atoms with E-state index >= 15 is 0 Å². The lowest BCUT2D eigenvalue weighted by atomic mass is 9.64. The SMILES string of the molecule is CC.CC(=O)O[C@H]1CCC2c3ccc4c(c3CCC21C)CC[C@H](OPI)C4. The Bertz CT molecular complexity index is 692. The molecule has 150 valence electrons. The Morgan fingerprint density at radius 1 is 1.19 bits per heavy atom. The highest BCUT2D eigenvalue weighted by Gasteiger charge is 2.51. The Kier molecular flexibility index (Phi) is 7.24. The molecular formula is C22H32IO3P. The predicted octanol–water partition coefficient (Wildman–Crippen LogP) is 6.29. The first-order valence-corrected chi connectivity index (χ1v) is 14.4. The molecule has 5 heteroatoms. The maximum absolute atomic E-state index is 11.5.